The zero-order chi connectivity index (χ0) is 14.6. The van der Waals surface area contributed by atoms with Crippen molar-refractivity contribution >= 4 is 16.9 Å². The number of likely N-dealkylation sites (tertiary alicyclic amines) is 1. The molecule has 1 aliphatic heterocycles. The fraction of sp³-hybridized carbons (Fsp3) is 0.500. The molecule has 1 atom stereocenters. The molecule has 4 nitrogen and oxygen atoms in total. The number of fused-ring (bicyclic) bond motifs is 1. The van der Waals surface area contributed by atoms with E-state index in [0.717, 1.165) is 49.2 Å². The fourth-order valence-corrected chi connectivity index (χ4v) is 3.39. The van der Waals surface area contributed by atoms with Gasteiger partial charge in [-0.3, -0.25) is 4.79 Å². The van der Waals surface area contributed by atoms with Crippen molar-refractivity contribution in [3.8, 4) is 0 Å². The molecule has 1 aromatic carbocycles. The highest BCUT2D eigenvalue weighted by Gasteiger charge is 2.37. The standard InChI is InChI=1S/C16H18FN3O/c1-10-18-14-5-4-12(17)8-15(14)20(10)13-6-7-19(9-13)16(21)11-2-3-11/h4-5,8,11,13H,2-3,6-7,9H2,1H3. The van der Waals surface area contributed by atoms with Crippen molar-refractivity contribution in [3.05, 3.63) is 29.8 Å². The van der Waals surface area contributed by atoms with Crippen LogP contribution in [0.25, 0.3) is 11.0 Å². The molecule has 1 saturated heterocycles. The zero-order valence-electron chi connectivity index (χ0n) is 12.1. The van der Waals surface area contributed by atoms with Gasteiger partial charge in [0.1, 0.15) is 11.6 Å². The van der Waals surface area contributed by atoms with E-state index in [9.17, 15) is 9.18 Å². The molecule has 110 valence electrons. The number of hydrogen-bond donors (Lipinski definition) is 0. The molecule has 21 heavy (non-hydrogen) atoms. The van der Waals surface area contributed by atoms with E-state index >= 15 is 0 Å². The van der Waals surface area contributed by atoms with Crippen molar-refractivity contribution in [3.63, 3.8) is 0 Å². The SMILES string of the molecule is Cc1nc2ccc(F)cc2n1C1CCN(C(=O)C2CC2)C1. The van der Waals surface area contributed by atoms with E-state index in [0.29, 0.717) is 5.91 Å². The highest BCUT2D eigenvalue weighted by atomic mass is 19.1. The predicted octanol–water partition coefficient (Wildman–Crippen LogP) is 2.67. The summed E-state index contributed by atoms with van der Waals surface area (Å²) in [5.41, 5.74) is 1.65. The van der Waals surface area contributed by atoms with Crippen LogP contribution in [0.3, 0.4) is 0 Å². The molecule has 4 rings (SSSR count). The Kier molecular flexibility index (Phi) is 2.77. The first-order valence-electron chi connectivity index (χ1n) is 7.56. The first kappa shape index (κ1) is 12.8. The molecule has 1 aliphatic carbocycles. The quantitative estimate of drug-likeness (QED) is 0.851. The van der Waals surface area contributed by atoms with Gasteiger partial charge < -0.3 is 9.47 Å². The van der Waals surface area contributed by atoms with Crippen LogP contribution in [-0.4, -0.2) is 33.4 Å². The van der Waals surface area contributed by atoms with Gasteiger partial charge in [-0.15, -0.1) is 0 Å². The maximum Gasteiger partial charge on any atom is 0.225 e. The summed E-state index contributed by atoms with van der Waals surface area (Å²) in [4.78, 5) is 18.6. The Bertz CT molecular complexity index is 720. The number of benzene rings is 1. The number of halogens is 1. The van der Waals surface area contributed by atoms with Gasteiger partial charge in [0.05, 0.1) is 17.1 Å². The minimum atomic E-state index is -0.243. The van der Waals surface area contributed by atoms with Gasteiger partial charge in [-0.1, -0.05) is 0 Å². The number of hydrogen-bond acceptors (Lipinski definition) is 2. The van der Waals surface area contributed by atoms with Crippen LogP contribution in [0.1, 0.15) is 31.1 Å². The monoisotopic (exact) mass is 287 g/mol. The van der Waals surface area contributed by atoms with Crippen molar-refractivity contribution in [2.45, 2.75) is 32.2 Å². The number of rotatable bonds is 2. The van der Waals surface area contributed by atoms with E-state index in [1.165, 1.54) is 6.07 Å². The average Bonchev–Trinajstić information content (AvgIpc) is 3.11. The first-order valence-corrected chi connectivity index (χ1v) is 7.56. The van der Waals surface area contributed by atoms with Crippen molar-refractivity contribution in [2.24, 2.45) is 5.92 Å². The van der Waals surface area contributed by atoms with Gasteiger partial charge in [0, 0.05) is 19.0 Å². The van der Waals surface area contributed by atoms with E-state index in [4.69, 9.17) is 0 Å². The Morgan fingerprint density at radius 2 is 2.14 bits per heavy atom. The molecular formula is C16H18FN3O. The normalized spacial score (nSPS) is 22.2. The first-order chi connectivity index (χ1) is 10.1. The summed E-state index contributed by atoms with van der Waals surface area (Å²) in [6, 6.07) is 4.91. The lowest BCUT2D eigenvalue weighted by molar-refractivity contribution is -0.131. The minimum absolute atomic E-state index is 0.208. The van der Waals surface area contributed by atoms with Crippen molar-refractivity contribution in [1.82, 2.24) is 14.5 Å². The lowest BCUT2D eigenvalue weighted by atomic mass is 10.2. The Labute approximate surface area is 122 Å². The molecule has 1 aromatic heterocycles. The Morgan fingerprint density at radius 1 is 1.33 bits per heavy atom. The lowest BCUT2D eigenvalue weighted by Gasteiger charge is -2.18. The van der Waals surface area contributed by atoms with Crippen LogP contribution in [0.4, 0.5) is 4.39 Å². The molecule has 2 aliphatic rings. The number of amides is 1. The van der Waals surface area contributed by atoms with E-state index in [-0.39, 0.29) is 17.8 Å². The van der Waals surface area contributed by atoms with Gasteiger partial charge in [0.25, 0.3) is 0 Å². The van der Waals surface area contributed by atoms with Crippen molar-refractivity contribution in [2.75, 3.05) is 13.1 Å². The number of carbonyl (C=O) groups excluding carboxylic acids is 1. The molecule has 2 aromatic rings. The second-order valence-corrected chi connectivity index (χ2v) is 6.16. The van der Waals surface area contributed by atoms with Gasteiger partial charge in [-0.25, -0.2) is 9.37 Å². The molecule has 5 heteroatoms. The van der Waals surface area contributed by atoms with E-state index in [2.05, 4.69) is 9.55 Å². The van der Waals surface area contributed by atoms with Crippen LogP contribution < -0.4 is 0 Å². The van der Waals surface area contributed by atoms with Crippen molar-refractivity contribution < 1.29 is 9.18 Å². The second-order valence-electron chi connectivity index (χ2n) is 6.16. The molecule has 2 heterocycles. The summed E-state index contributed by atoms with van der Waals surface area (Å²) >= 11 is 0. The van der Waals surface area contributed by atoms with E-state index in [1.807, 2.05) is 11.8 Å². The van der Waals surface area contributed by atoms with Gasteiger partial charge >= 0.3 is 0 Å². The number of aromatic nitrogens is 2. The molecule has 1 amide bonds. The summed E-state index contributed by atoms with van der Waals surface area (Å²) in [7, 11) is 0. The summed E-state index contributed by atoms with van der Waals surface area (Å²) in [6.07, 6.45) is 3.00. The van der Waals surface area contributed by atoms with Gasteiger partial charge in [0.2, 0.25) is 5.91 Å². The Balaban J connectivity index is 1.66. The highest BCUT2D eigenvalue weighted by Crippen LogP contribution is 2.35. The van der Waals surface area contributed by atoms with Crippen LogP contribution in [0.15, 0.2) is 18.2 Å². The maximum absolute atomic E-state index is 13.5. The number of nitrogens with zero attached hydrogens (tertiary/aromatic N) is 3. The summed E-state index contributed by atoms with van der Waals surface area (Å²) in [5, 5.41) is 0. The maximum atomic E-state index is 13.5. The minimum Gasteiger partial charge on any atom is -0.340 e. The molecule has 2 fully saturated rings. The van der Waals surface area contributed by atoms with Crippen LogP contribution in [0.5, 0.6) is 0 Å². The van der Waals surface area contributed by atoms with Gasteiger partial charge in [0.15, 0.2) is 0 Å². The Hall–Kier alpha value is -1.91. The molecular weight excluding hydrogens is 269 g/mol. The molecule has 1 unspecified atom stereocenters. The zero-order valence-corrected chi connectivity index (χ0v) is 12.1. The molecule has 1 saturated carbocycles. The van der Waals surface area contributed by atoms with Crippen LogP contribution >= 0.6 is 0 Å². The second kappa shape index (κ2) is 4.55. The summed E-state index contributed by atoms with van der Waals surface area (Å²) in [6.45, 7) is 3.47. The largest absolute Gasteiger partial charge is 0.340 e. The number of aryl methyl sites for hydroxylation is 1. The fourth-order valence-electron chi connectivity index (χ4n) is 3.39. The third-order valence-electron chi connectivity index (χ3n) is 4.59. The van der Waals surface area contributed by atoms with Crippen LogP contribution in [0, 0.1) is 18.7 Å². The van der Waals surface area contributed by atoms with Crippen LogP contribution in [0.2, 0.25) is 0 Å². The predicted molar refractivity (Wildman–Crippen MR) is 77.4 cm³/mol. The van der Waals surface area contributed by atoms with Crippen LogP contribution in [-0.2, 0) is 4.79 Å². The lowest BCUT2D eigenvalue weighted by Crippen LogP contribution is -2.30. The smallest absolute Gasteiger partial charge is 0.225 e. The van der Waals surface area contributed by atoms with Gasteiger partial charge in [-0.05, 0) is 44.4 Å². The van der Waals surface area contributed by atoms with E-state index in [1.54, 1.807) is 12.1 Å². The molecule has 0 bridgehead atoms. The summed E-state index contributed by atoms with van der Waals surface area (Å²) < 4.78 is 15.6. The summed E-state index contributed by atoms with van der Waals surface area (Å²) in [5.74, 6) is 1.21. The Morgan fingerprint density at radius 3 is 2.90 bits per heavy atom. The topological polar surface area (TPSA) is 38.1 Å². The molecule has 0 N–H and O–H groups in total. The highest BCUT2D eigenvalue weighted by molar-refractivity contribution is 5.81. The van der Waals surface area contributed by atoms with Crippen molar-refractivity contribution in [1.29, 1.82) is 0 Å². The third-order valence-corrected chi connectivity index (χ3v) is 4.59. The van der Waals surface area contributed by atoms with E-state index < -0.39 is 0 Å². The molecule has 0 spiro atoms. The number of carbonyl (C=O) groups is 1. The molecule has 0 radical (unpaired) electrons. The number of imidazole rings is 1. The average molecular weight is 287 g/mol. The third kappa shape index (κ3) is 2.11. The van der Waals surface area contributed by atoms with Gasteiger partial charge in [-0.2, -0.15) is 0 Å².